The van der Waals surface area contributed by atoms with Crippen LogP contribution < -0.4 is 5.73 Å². The second-order valence-corrected chi connectivity index (χ2v) is 5.47. The van der Waals surface area contributed by atoms with Crippen LogP contribution in [0.5, 0.6) is 0 Å². The molecule has 0 saturated heterocycles. The topological polar surface area (TPSA) is 43.8 Å². The van der Waals surface area contributed by atoms with E-state index < -0.39 is 0 Å². The van der Waals surface area contributed by atoms with Crippen molar-refractivity contribution in [1.29, 1.82) is 0 Å². The van der Waals surface area contributed by atoms with Gasteiger partial charge in [0.05, 0.1) is 5.69 Å². The van der Waals surface area contributed by atoms with E-state index >= 15 is 0 Å². The van der Waals surface area contributed by atoms with Gasteiger partial charge in [-0.1, -0.05) is 37.3 Å². The average molecular weight is 257 g/mol. The molecule has 19 heavy (non-hydrogen) atoms. The Morgan fingerprint density at radius 3 is 2.32 bits per heavy atom. The molecule has 1 aromatic carbocycles. The summed E-state index contributed by atoms with van der Waals surface area (Å²) in [5.74, 6) is 2.25. The van der Waals surface area contributed by atoms with Gasteiger partial charge in [0.2, 0.25) is 0 Å². The van der Waals surface area contributed by atoms with E-state index in [-0.39, 0.29) is 0 Å². The van der Waals surface area contributed by atoms with Gasteiger partial charge in [0, 0.05) is 6.04 Å². The van der Waals surface area contributed by atoms with Crippen LogP contribution in [-0.4, -0.2) is 9.55 Å². The summed E-state index contributed by atoms with van der Waals surface area (Å²) in [5, 5.41) is 0. The first kappa shape index (κ1) is 13.7. The molecule has 102 valence electrons. The van der Waals surface area contributed by atoms with E-state index in [1.165, 1.54) is 5.56 Å². The molecule has 2 aromatic rings. The predicted octanol–water partition coefficient (Wildman–Crippen LogP) is 3.70. The second-order valence-electron chi connectivity index (χ2n) is 5.47. The molecule has 0 bridgehead atoms. The molecule has 2 rings (SSSR count). The molecule has 0 fully saturated rings. The molecule has 1 aromatic heterocycles. The van der Waals surface area contributed by atoms with Crippen molar-refractivity contribution in [2.75, 3.05) is 5.73 Å². The van der Waals surface area contributed by atoms with Crippen LogP contribution in [0.2, 0.25) is 0 Å². The highest BCUT2D eigenvalue weighted by Crippen LogP contribution is 2.25. The van der Waals surface area contributed by atoms with Crippen molar-refractivity contribution >= 4 is 5.82 Å². The van der Waals surface area contributed by atoms with Gasteiger partial charge in [0.15, 0.2) is 0 Å². The van der Waals surface area contributed by atoms with Crippen molar-refractivity contribution in [2.24, 2.45) is 0 Å². The number of benzene rings is 1. The molecule has 3 heteroatoms. The minimum Gasteiger partial charge on any atom is -0.384 e. The van der Waals surface area contributed by atoms with Gasteiger partial charge in [-0.25, -0.2) is 4.98 Å². The van der Waals surface area contributed by atoms with Crippen molar-refractivity contribution in [2.45, 2.75) is 46.1 Å². The van der Waals surface area contributed by atoms with E-state index in [1.807, 2.05) is 13.0 Å². The second kappa shape index (κ2) is 5.47. The van der Waals surface area contributed by atoms with Gasteiger partial charge in [-0.3, -0.25) is 0 Å². The Kier molecular flexibility index (Phi) is 3.93. The summed E-state index contributed by atoms with van der Waals surface area (Å²) < 4.78 is 2.10. The molecule has 3 nitrogen and oxygen atoms in total. The fourth-order valence-corrected chi connectivity index (χ4v) is 2.61. The molecule has 1 atom stereocenters. The van der Waals surface area contributed by atoms with Gasteiger partial charge >= 0.3 is 0 Å². The predicted molar refractivity (Wildman–Crippen MR) is 80.3 cm³/mol. The van der Waals surface area contributed by atoms with Gasteiger partial charge in [0.1, 0.15) is 11.6 Å². The highest BCUT2D eigenvalue weighted by molar-refractivity contribution is 5.40. The fourth-order valence-electron chi connectivity index (χ4n) is 2.61. The molecule has 0 saturated carbocycles. The van der Waals surface area contributed by atoms with Crippen LogP contribution in [0.3, 0.4) is 0 Å². The minimum atomic E-state index is 0.355. The molecule has 2 N–H and O–H groups in total. The van der Waals surface area contributed by atoms with E-state index in [1.54, 1.807) is 0 Å². The van der Waals surface area contributed by atoms with E-state index in [0.717, 1.165) is 23.8 Å². The van der Waals surface area contributed by atoms with E-state index in [2.05, 4.69) is 54.6 Å². The number of rotatable bonds is 4. The Labute approximate surface area is 115 Å². The maximum atomic E-state index is 6.23. The molecule has 0 aliphatic rings. The smallest absolute Gasteiger partial charge is 0.127 e. The lowest BCUT2D eigenvalue weighted by molar-refractivity contribution is 0.590. The third-order valence-corrected chi connectivity index (χ3v) is 3.59. The Morgan fingerprint density at radius 1 is 1.16 bits per heavy atom. The maximum absolute atomic E-state index is 6.23. The van der Waals surface area contributed by atoms with Crippen molar-refractivity contribution < 1.29 is 0 Å². The summed E-state index contributed by atoms with van der Waals surface area (Å²) >= 11 is 0. The Bertz CT molecular complexity index is 541. The first-order valence-corrected chi connectivity index (χ1v) is 6.88. The molecule has 0 radical (unpaired) electrons. The van der Waals surface area contributed by atoms with Crippen molar-refractivity contribution in [3.8, 4) is 0 Å². The number of hydrogen-bond acceptors (Lipinski definition) is 2. The summed E-state index contributed by atoms with van der Waals surface area (Å²) in [4.78, 5) is 4.63. The zero-order valence-corrected chi connectivity index (χ0v) is 12.2. The highest BCUT2D eigenvalue weighted by atomic mass is 15.2. The lowest BCUT2D eigenvalue weighted by Gasteiger charge is -2.13. The number of nitrogen functional groups attached to an aromatic ring is 1. The van der Waals surface area contributed by atoms with Gasteiger partial charge in [-0.2, -0.15) is 0 Å². The monoisotopic (exact) mass is 257 g/mol. The average Bonchev–Trinajstić information content (AvgIpc) is 2.65. The lowest BCUT2D eigenvalue weighted by atomic mass is 9.96. The Balaban J connectivity index is 2.23. The van der Waals surface area contributed by atoms with Gasteiger partial charge in [-0.05, 0) is 38.7 Å². The van der Waals surface area contributed by atoms with Gasteiger partial charge in [0.25, 0.3) is 0 Å². The first-order valence-electron chi connectivity index (χ1n) is 6.88. The van der Waals surface area contributed by atoms with Crippen LogP contribution in [0.15, 0.2) is 30.3 Å². The van der Waals surface area contributed by atoms with Gasteiger partial charge < -0.3 is 10.3 Å². The Hall–Kier alpha value is -1.77. The highest BCUT2D eigenvalue weighted by Gasteiger charge is 2.16. The lowest BCUT2D eigenvalue weighted by Crippen LogP contribution is -2.08. The van der Waals surface area contributed by atoms with Crippen LogP contribution in [-0.2, 0) is 6.42 Å². The third kappa shape index (κ3) is 2.80. The van der Waals surface area contributed by atoms with Crippen LogP contribution in [0, 0.1) is 6.92 Å². The van der Waals surface area contributed by atoms with Crippen LogP contribution in [0.4, 0.5) is 5.82 Å². The van der Waals surface area contributed by atoms with Gasteiger partial charge in [-0.15, -0.1) is 0 Å². The molecule has 1 heterocycles. The van der Waals surface area contributed by atoms with Crippen molar-refractivity contribution in [3.05, 3.63) is 47.4 Å². The quantitative estimate of drug-likeness (QED) is 0.907. The zero-order valence-electron chi connectivity index (χ0n) is 12.2. The normalized spacial score (nSPS) is 12.9. The van der Waals surface area contributed by atoms with E-state index in [9.17, 15) is 0 Å². The first-order chi connectivity index (χ1) is 9.00. The Morgan fingerprint density at radius 2 is 1.79 bits per heavy atom. The number of hydrogen-bond donors (Lipinski definition) is 1. The molecule has 0 spiro atoms. The molecule has 0 aliphatic heterocycles. The largest absolute Gasteiger partial charge is 0.384 e. The number of imidazole rings is 1. The number of aromatic nitrogens is 2. The summed E-state index contributed by atoms with van der Waals surface area (Å²) in [6.45, 7) is 8.51. The van der Waals surface area contributed by atoms with Crippen LogP contribution in [0.1, 0.15) is 49.8 Å². The van der Waals surface area contributed by atoms with Crippen LogP contribution in [0.25, 0.3) is 0 Å². The SMILES string of the molecule is Cc1nc(CC(C)c2ccccc2)c(N)n1C(C)C. The molecular weight excluding hydrogens is 234 g/mol. The van der Waals surface area contributed by atoms with E-state index in [0.29, 0.717) is 12.0 Å². The standard InChI is InChI=1S/C16H23N3/c1-11(2)19-13(4)18-15(16(19)17)10-12(3)14-8-6-5-7-9-14/h5-9,11-12H,10,17H2,1-4H3. The van der Waals surface area contributed by atoms with Crippen LogP contribution >= 0.6 is 0 Å². The number of nitrogens with zero attached hydrogens (tertiary/aromatic N) is 2. The fraction of sp³-hybridized carbons (Fsp3) is 0.438. The summed E-state index contributed by atoms with van der Waals surface area (Å²) in [6.07, 6.45) is 0.885. The number of aryl methyl sites for hydroxylation is 1. The summed E-state index contributed by atoms with van der Waals surface area (Å²) in [6, 6.07) is 10.9. The summed E-state index contributed by atoms with van der Waals surface area (Å²) in [7, 11) is 0. The molecule has 1 unspecified atom stereocenters. The van der Waals surface area contributed by atoms with Crippen molar-refractivity contribution in [3.63, 3.8) is 0 Å². The summed E-state index contributed by atoms with van der Waals surface area (Å²) in [5.41, 5.74) is 8.58. The number of anilines is 1. The molecular formula is C16H23N3. The van der Waals surface area contributed by atoms with Crippen molar-refractivity contribution in [1.82, 2.24) is 9.55 Å². The molecule has 0 aliphatic carbocycles. The maximum Gasteiger partial charge on any atom is 0.127 e. The van der Waals surface area contributed by atoms with E-state index in [4.69, 9.17) is 5.73 Å². The minimum absolute atomic E-state index is 0.355. The zero-order chi connectivity index (χ0) is 14.0. The molecule has 0 amide bonds. The third-order valence-electron chi connectivity index (χ3n) is 3.59. The number of nitrogens with two attached hydrogens (primary N) is 1.